The van der Waals surface area contributed by atoms with E-state index in [4.69, 9.17) is 4.43 Å². The molecule has 0 heterocycles. The zero-order valence-corrected chi connectivity index (χ0v) is 13.3. The minimum atomic E-state index is -1.41. The molecule has 0 bridgehead atoms. The van der Waals surface area contributed by atoms with Crippen molar-refractivity contribution in [3.63, 3.8) is 0 Å². The SMILES string of the molecule is C=CC[Si](C)(C)OCCCCCCCCCC. The van der Waals surface area contributed by atoms with Gasteiger partial charge in [0.15, 0.2) is 8.32 Å². The lowest BCUT2D eigenvalue weighted by molar-refractivity contribution is 0.296. The normalized spacial score (nSPS) is 11.7. The molecule has 17 heavy (non-hydrogen) atoms. The summed E-state index contributed by atoms with van der Waals surface area (Å²) in [6, 6.07) is 1.07. The second-order valence-corrected chi connectivity index (χ2v) is 9.79. The van der Waals surface area contributed by atoms with Crippen molar-refractivity contribution in [2.45, 2.75) is 77.4 Å². The van der Waals surface area contributed by atoms with Gasteiger partial charge in [-0.1, -0.05) is 57.9 Å². The Morgan fingerprint density at radius 1 is 0.941 bits per heavy atom. The van der Waals surface area contributed by atoms with Gasteiger partial charge in [-0.2, -0.15) is 0 Å². The zero-order chi connectivity index (χ0) is 13.0. The first-order chi connectivity index (χ1) is 8.12. The lowest BCUT2D eigenvalue weighted by Crippen LogP contribution is -2.29. The van der Waals surface area contributed by atoms with Gasteiger partial charge >= 0.3 is 0 Å². The van der Waals surface area contributed by atoms with E-state index >= 15 is 0 Å². The molecule has 0 saturated carbocycles. The fourth-order valence-corrected chi connectivity index (χ4v) is 3.50. The van der Waals surface area contributed by atoms with Crippen LogP contribution < -0.4 is 0 Å². The zero-order valence-electron chi connectivity index (χ0n) is 12.3. The predicted octanol–water partition coefficient (Wildman–Crippen LogP) is 5.53. The van der Waals surface area contributed by atoms with Gasteiger partial charge < -0.3 is 4.43 Å². The molecule has 0 fully saturated rings. The molecular weight excluding hydrogens is 224 g/mol. The van der Waals surface area contributed by atoms with Gasteiger partial charge in [0, 0.05) is 6.61 Å². The molecule has 0 aliphatic rings. The molecule has 0 aromatic rings. The molecule has 0 atom stereocenters. The van der Waals surface area contributed by atoms with Crippen molar-refractivity contribution in [3.05, 3.63) is 12.7 Å². The van der Waals surface area contributed by atoms with Crippen LogP contribution in [0.15, 0.2) is 12.7 Å². The number of rotatable bonds is 12. The van der Waals surface area contributed by atoms with Crippen LogP contribution in [0.1, 0.15) is 58.3 Å². The van der Waals surface area contributed by atoms with E-state index in [-0.39, 0.29) is 0 Å². The Hall–Kier alpha value is -0.0831. The van der Waals surface area contributed by atoms with Crippen molar-refractivity contribution in [2.75, 3.05) is 6.61 Å². The summed E-state index contributed by atoms with van der Waals surface area (Å²) in [4.78, 5) is 0. The summed E-state index contributed by atoms with van der Waals surface area (Å²) in [5.74, 6) is 0. The Kier molecular flexibility index (Phi) is 11.0. The molecule has 1 nitrogen and oxygen atoms in total. The van der Waals surface area contributed by atoms with Gasteiger partial charge in [0.1, 0.15) is 0 Å². The number of hydrogen-bond acceptors (Lipinski definition) is 1. The topological polar surface area (TPSA) is 9.23 Å². The molecule has 2 heteroatoms. The van der Waals surface area contributed by atoms with Crippen LogP contribution >= 0.6 is 0 Å². The monoisotopic (exact) mass is 256 g/mol. The summed E-state index contributed by atoms with van der Waals surface area (Å²) in [5.41, 5.74) is 0. The van der Waals surface area contributed by atoms with Crippen molar-refractivity contribution >= 4 is 8.32 Å². The van der Waals surface area contributed by atoms with E-state index in [1.807, 2.05) is 6.08 Å². The van der Waals surface area contributed by atoms with Gasteiger partial charge in [-0.05, 0) is 25.6 Å². The summed E-state index contributed by atoms with van der Waals surface area (Å²) in [6.45, 7) is 11.6. The van der Waals surface area contributed by atoms with Crippen LogP contribution in [-0.4, -0.2) is 14.9 Å². The van der Waals surface area contributed by atoms with E-state index in [1.165, 1.54) is 51.4 Å². The molecule has 0 rings (SSSR count). The second kappa shape index (κ2) is 11.0. The van der Waals surface area contributed by atoms with Gasteiger partial charge in [-0.3, -0.25) is 0 Å². The van der Waals surface area contributed by atoms with Crippen LogP contribution in [0, 0.1) is 0 Å². The van der Waals surface area contributed by atoms with E-state index in [9.17, 15) is 0 Å². The lowest BCUT2D eigenvalue weighted by Gasteiger charge is -2.20. The first-order valence-electron chi connectivity index (χ1n) is 7.37. The van der Waals surface area contributed by atoms with Crippen LogP contribution in [0.2, 0.25) is 19.1 Å². The van der Waals surface area contributed by atoms with Gasteiger partial charge in [-0.25, -0.2) is 0 Å². The highest BCUT2D eigenvalue weighted by Crippen LogP contribution is 2.13. The van der Waals surface area contributed by atoms with Crippen molar-refractivity contribution in [3.8, 4) is 0 Å². The summed E-state index contributed by atoms with van der Waals surface area (Å²) >= 11 is 0. The average molecular weight is 257 g/mol. The van der Waals surface area contributed by atoms with Crippen LogP contribution in [-0.2, 0) is 4.43 Å². The Labute approximate surface area is 110 Å². The quantitative estimate of drug-likeness (QED) is 0.253. The maximum absolute atomic E-state index is 5.98. The fourth-order valence-electron chi connectivity index (χ4n) is 1.99. The highest BCUT2D eigenvalue weighted by Gasteiger charge is 2.19. The summed E-state index contributed by atoms with van der Waals surface area (Å²) in [7, 11) is -1.41. The van der Waals surface area contributed by atoms with Crippen LogP contribution in [0.3, 0.4) is 0 Å². The Balaban J connectivity index is 3.20. The van der Waals surface area contributed by atoms with Crippen LogP contribution in [0.25, 0.3) is 0 Å². The van der Waals surface area contributed by atoms with E-state index in [0.717, 1.165) is 12.7 Å². The van der Waals surface area contributed by atoms with Gasteiger partial charge in [0.05, 0.1) is 0 Å². The first-order valence-corrected chi connectivity index (χ1v) is 10.5. The maximum Gasteiger partial charge on any atom is 0.190 e. The van der Waals surface area contributed by atoms with Gasteiger partial charge in [-0.15, -0.1) is 6.58 Å². The molecule has 0 amide bonds. The summed E-state index contributed by atoms with van der Waals surface area (Å²) < 4.78 is 5.98. The number of hydrogen-bond donors (Lipinski definition) is 0. The highest BCUT2D eigenvalue weighted by molar-refractivity contribution is 6.71. The molecule has 0 aromatic carbocycles. The van der Waals surface area contributed by atoms with Crippen molar-refractivity contribution < 1.29 is 4.43 Å². The van der Waals surface area contributed by atoms with Crippen molar-refractivity contribution in [1.82, 2.24) is 0 Å². The molecule has 0 aliphatic heterocycles. The van der Waals surface area contributed by atoms with E-state index in [2.05, 4.69) is 26.6 Å². The lowest BCUT2D eigenvalue weighted by atomic mass is 10.1. The third kappa shape index (κ3) is 12.2. The summed E-state index contributed by atoms with van der Waals surface area (Å²) in [6.07, 6.45) is 13.0. The number of unbranched alkanes of at least 4 members (excludes halogenated alkanes) is 7. The van der Waals surface area contributed by atoms with Crippen LogP contribution in [0.4, 0.5) is 0 Å². The molecule has 0 aromatic heterocycles. The smallest absolute Gasteiger partial charge is 0.190 e. The van der Waals surface area contributed by atoms with Crippen molar-refractivity contribution in [1.29, 1.82) is 0 Å². The molecule has 0 N–H and O–H groups in total. The first kappa shape index (κ1) is 16.9. The Morgan fingerprint density at radius 2 is 1.47 bits per heavy atom. The molecular formula is C15H32OSi. The molecule has 0 radical (unpaired) electrons. The highest BCUT2D eigenvalue weighted by atomic mass is 28.4. The minimum absolute atomic E-state index is 0.960. The van der Waals surface area contributed by atoms with E-state index in [1.54, 1.807) is 0 Å². The maximum atomic E-state index is 5.98. The molecule has 0 aliphatic carbocycles. The Morgan fingerprint density at radius 3 is 2.00 bits per heavy atom. The molecule has 0 saturated heterocycles. The molecule has 0 unspecified atom stereocenters. The Bertz CT molecular complexity index is 178. The average Bonchev–Trinajstić information content (AvgIpc) is 2.27. The number of allylic oxidation sites excluding steroid dienone is 1. The van der Waals surface area contributed by atoms with E-state index < -0.39 is 8.32 Å². The molecule has 102 valence electrons. The summed E-state index contributed by atoms with van der Waals surface area (Å²) in [5, 5.41) is 0. The fraction of sp³-hybridized carbons (Fsp3) is 0.867. The minimum Gasteiger partial charge on any atom is -0.417 e. The standard InChI is InChI=1S/C15H32OSi/c1-5-7-8-9-10-11-12-13-14-16-17(3,4)15-6-2/h6H,2,5,7-15H2,1,3-4H3. The third-order valence-corrected chi connectivity index (χ3v) is 5.38. The van der Waals surface area contributed by atoms with E-state index in [0.29, 0.717) is 0 Å². The molecule has 0 spiro atoms. The van der Waals surface area contributed by atoms with Gasteiger partial charge in [0.25, 0.3) is 0 Å². The van der Waals surface area contributed by atoms with Gasteiger partial charge in [0.2, 0.25) is 0 Å². The third-order valence-electron chi connectivity index (χ3n) is 3.13. The van der Waals surface area contributed by atoms with Crippen LogP contribution in [0.5, 0.6) is 0 Å². The van der Waals surface area contributed by atoms with Crippen molar-refractivity contribution in [2.24, 2.45) is 0 Å². The second-order valence-electron chi connectivity index (χ2n) is 5.58. The predicted molar refractivity (Wildman–Crippen MR) is 81.0 cm³/mol. The largest absolute Gasteiger partial charge is 0.417 e.